The lowest BCUT2D eigenvalue weighted by atomic mass is 10.2. The molecule has 2 heterocycles. The molecule has 0 fully saturated rings. The van der Waals surface area contributed by atoms with Gasteiger partial charge in [-0.3, -0.25) is 4.79 Å². The summed E-state index contributed by atoms with van der Waals surface area (Å²) in [7, 11) is 1.89. The molecule has 6 nitrogen and oxygen atoms in total. The maximum Gasteiger partial charge on any atom is 0.279 e. The molecule has 0 unspecified atom stereocenters. The van der Waals surface area contributed by atoms with Gasteiger partial charge in [-0.25, -0.2) is 0 Å². The number of nitrogens with zero attached hydrogens (tertiary/aromatic N) is 2. The van der Waals surface area contributed by atoms with Gasteiger partial charge in [-0.15, -0.1) is 0 Å². The van der Waals surface area contributed by atoms with E-state index in [0.717, 1.165) is 27.5 Å². The van der Waals surface area contributed by atoms with Gasteiger partial charge in [0.25, 0.3) is 5.91 Å². The fourth-order valence-electron chi connectivity index (χ4n) is 2.87. The maximum atomic E-state index is 12.6. The Morgan fingerprint density at radius 3 is 2.48 bits per heavy atom. The van der Waals surface area contributed by atoms with Crippen LogP contribution in [-0.2, 0) is 7.05 Å². The van der Waals surface area contributed by atoms with Crippen LogP contribution in [0.3, 0.4) is 0 Å². The van der Waals surface area contributed by atoms with Gasteiger partial charge in [0, 0.05) is 24.7 Å². The van der Waals surface area contributed by atoms with Crippen LogP contribution in [-0.4, -0.2) is 29.8 Å². The molecule has 0 bridgehead atoms. The second-order valence-electron chi connectivity index (χ2n) is 6.52. The molecule has 1 aliphatic heterocycles. The minimum atomic E-state index is -0.287. The fraction of sp³-hybridized carbons (Fsp3) is 0.300. The Morgan fingerprint density at radius 1 is 1.15 bits per heavy atom. The Bertz CT molecular complexity index is 1060. The zero-order valence-corrected chi connectivity index (χ0v) is 16.2. The van der Waals surface area contributed by atoms with E-state index in [-0.39, 0.29) is 12.0 Å². The molecule has 140 valence electrons. The lowest BCUT2D eigenvalue weighted by molar-refractivity contribution is 0.0998. The number of carbonyl (C=O) groups excluding carboxylic acids is 1. The molecule has 7 heteroatoms. The molecule has 0 saturated carbocycles. The number of fused-ring (bicyclic) bond motifs is 2. The lowest BCUT2D eigenvalue weighted by Crippen LogP contribution is -2.15. The lowest BCUT2D eigenvalue weighted by Gasteiger charge is -2.18. The van der Waals surface area contributed by atoms with Gasteiger partial charge in [0.2, 0.25) is 0 Å². The first kappa shape index (κ1) is 17.6. The quantitative estimate of drug-likeness (QED) is 0.693. The smallest absolute Gasteiger partial charge is 0.279 e. The SMILES string of the molecule is CC(C)Oc1ccc(C(=O)N=c2sc3cc4c(cc3n2C)OCCO4)cc1. The maximum absolute atomic E-state index is 12.6. The van der Waals surface area contributed by atoms with E-state index in [1.807, 2.05) is 37.6 Å². The third-order valence-electron chi connectivity index (χ3n) is 4.14. The van der Waals surface area contributed by atoms with Crippen LogP contribution in [0.2, 0.25) is 0 Å². The van der Waals surface area contributed by atoms with Crippen molar-refractivity contribution in [3.8, 4) is 17.2 Å². The Labute approximate surface area is 160 Å². The molecule has 27 heavy (non-hydrogen) atoms. The van der Waals surface area contributed by atoms with Crippen molar-refractivity contribution < 1.29 is 19.0 Å². The molecule has 0 atom stereocenters. The van der Waals surface area contributed by atoms with Crippen LogP contribution in [0.1, 0.15) is 24.2 Å². The molecule has 1 aliphatic rings. The van der Waals surface area contributed by atoms with Gasteiger partial charge in [-0.1, -0.05) is 11.3 Å². The van der Waals surface area contributed by atoms with Gasteiger partial charge < -0.3 is 18.8 Å². The monoisotopic (exact) mass is 384 g/mol. The van der Waals surface area contributed by atoms with Gasteiger partial charge >= 0.3 is 0 Å². The van der Waals surface area contributed by atoms with E-state index < -0.39 is 0 Å². The molecule has 1 amide bonds. The summed E-state index contributed by atoms with van der Waals surface area (Å²) in [5.74, 6) is 1.90. The third kappa shape index (κ3) is 3.55. The van der Waals surface area contributed by atoms with Crippen molar-refractivity contribution >= 4 is 27.5 Å². The van der Waals surface area contributed by atoms with Crippen molar-refractivity contribution in [1.29, 1.82) is 0 Å². The highest BCUT2D eigenvalue weighted by Crippen LogP contribution is 2.35. The summed E-state index contributed by atoms with van der Waals surface area (Å²) in [6.07, 6.45) is 0.0904. The topological polar surface area (TPSA) is 62.0 Å². The molecule has 2 aromatic carbocycles. The highest BCUT2D eigenvalue weighted by atomic mass is 32.1. The van der Waals surface area contributed by atoms with E-state index >= 15 is 0 Å². The van der Waals surface area contributed by atoms with Crippen LogP contribution >= 0.6 is 11.3 Å². The van der Waals surface area contributed by atoms with Crippen LogP contribution < -0.4 is 19.0 Å². The minimum absolute atomic E-state index is 0.0904. The molecule has 0 radical (unpaired) electrons. The Morgan fingerprint density at radius 2 is 1.81 bits per heavy atom. The van der Waals surface area contributed by atoms with Crippen LogP contribution in [0.4, 0.5) is 0 Å². The number of rotatable bonds is 3. The van der Waals surface area contributed by atoms with Crippen molar-refractivity contribution in [2.24, 2.45) is 12.0 Å². The number of aromatic nitrogens is 1. The highest BCUT2D eigenvalue weighted by molar-refractivity contribution is 7.16. The molecule has 0 aliphatic carbocycles. The molecule has 1 aromatic heterocycles. The number of thiazole rings is 1. The predicted octanol–water partition coefficient (Wildman–Crippen LogP) is 3.54. The van der Waals surface area contributed by atoms with E-state index in [4.69, 9.17) is 14.2 Å². The summed E-state index contributed by atoms with van der Waals surface area (Å²) in [6.45, 7) is 5.01. The van der Waals surface area contributed by atoms with E-state index in [2.05, 4.69) is 4.99 Å². The van der Waals surface area contributed by atoms with E-state index in [1.165, 1.54) is 11.3 Å². The van der Waals surface area contributed by atoms with Crippen LogP contribution in [0.5, 0.6) is 17.2 Å². The summed E-state index contributed by atoms with van der Waals surface area (Å²) in [4.78, 5) is 17.5. The molecular formula is C20H20N2O4S. The first-order valence-corrected chi connectivity index (χ1v) is 9.58. The average molecular weight is 384 g/mol. The standard InChI is InChI=1S/C20H20N2O4S/c1-12(2)26-14-6-4-13(5-7-14)19(23)21-20-22(3)15-10-16-17(11-18(15)27-20)25-9-8-24-16/h4-7,10-12H,8-9H2,1-3H3. The van der Waals surface area contributed by atoms with E-state index in [1.54, 1.807) is 24.3 Å². The van der Waals surface area contributed by atoms with Crippen LogP contribution in [0, 0.1) is 0 Å². The Balaban J connectivity index is 1.67. The van der Waals surface area contributed by atoms with Crippen molar-refractivity contribution in [3.63, 3.8) is 0 Å². The number of aryl methyl sites for hydroxylation is 1. The zero-order valence-electron chi connectivity index (χ0n) is 15.4. The number of carbonyl (C=O) groups is 1. The number of hydrogen-bond acceptors (Lipinski definition) is 5. The normalized spacial score (nSPS) is 14.0. The number of amides is 1. The van der Waals surface area contributed by atoms with E-state index in [9.17, 15) is 4.79 Å². The Hall–Kier alpha value is -2.80. The predicted molar refractivity (Wildman–Crippen MR) is 104 cm³/mol. The summed E-state index contributed by atoms with van der Waals surface area (Å²) in [6, 6.07) is 10.9. The zero-order chi connectivity index (χ0) is 19.0. The van der Waals surface area contributed by atoms with Crippen molar-refractivity contribution in [2.45, 2.75) is 20.0 Å². The van der Waals surface area contributed by atoms with Gasteiger partial charge in [0.05, 0.1) is 16.3 Å². The summed E-state index contributed by atoms with van der Waals surface area (Å²) >= 11 is 1.45. The molecule has 3 aromatic rings. The van der Waals surface area contributed by atoms with Crippen LogP contribution in [0.15, 0.2) is 41.4 Å². The fourth-order valence-corrected chi connectivity index (χ4v) is 3.90. The highest BCUT2D eigenvalue weighted by Gasteiger charge is 2.16. The molecule has 0 spiro atoms. The second-order valence-corrected chi connectivity index (χ2v) is 7.52. The van der Waals surface area contributed by atoms with Gasteiger partial charge in [0.1, 0.15) is 19.0 Å². The number of ether oxygens (including phenoxy) is 3. The summed E-state index contributed by atoms with van der Waals surface area (Å²) in [5.41, 5.74) is 1.48. The molecule has 4 rings (SSSR count). The summed E-state index contributed by atoms with van der Waals surface area (Å²) in [5, 5.41) is 0. The largest absolute Gasteiger partial charge is 0.491 e. The first-order chi connectivity index (χ1) is 13.0. The minimum Gasteiger partial charge on any atom is -0.491 e. The van der Waals surface area contributed by atoms with Gasteiger partial charge in [-0.2, -0.15) is 4.99 Å². The summed E-state index contributed by atoms with van der Waals surface area (Å²) < 4.78 is 19.8. The molecule has 0 N–H and O–H groups in total. The number of hydrogen-bond donors (Lipinski definition) is 0. The average Bonchev–Trinajstić information content (AvgIpc) is 2.95. The number of benzene rings is 2. The first-order valence-electron chi connectivity index (χ1n) is 8.76. The second kappa shape index (κ2) is 7.08. The third-order valence-corrected chi connectivity index (χ3v) is 5.24. The molecule has 0 saturated heterocycles. The van der Waals surface area contributed by atoms with Crippen molar-refractivity contribution in [2.75, 3.05) is 13.2 Å². The van der Waals surface area contributed by atoms with Crippen molar-refractivity contribution in [1.82, 2.24) is 4.57 Å². The molecular weight excluding hydrogens is 364 g/mol. The Kier molecular flexibility index (Phi) is 4.61. The van der Waals surface area contributed by atoms with Gasteiger partial charge in [-0.05, 0) is 38.1 Å². The van der Waals surface area contributed by atoms with Crippen molar-refractivity contribution in [3.05, 3.63) is 46.8 Å². The van der Waals surface area contributed by atoms with Crippen LogP contribution in [0.25, 0.3) is 10.2 Å². The van der Waals surface area contributed by atoms with E-state index in [0.29, 0.717) is 23.6 Å². The van der Waals surface area contributed by atoms with Gasteiger partial charge in [0.15, 0.2) is 16.3 Å².